The van der Waals surface area contributed by atoms with Crippen LogP contribution in [0.4, 0.5) is 5.69 Å². The van der Waals surface area contributed by atoms with Crippen LogP contribution < -0.4 is 0 Å². The van der Waals surface area contributed by atoms with Crippen LogP contribution in [0.15, 0.2) is 22.6 Å². The molecule has 0 atom stereocenters. The summed E-state index contributed by atoms with van der Waals surface area (Å²) >= 11 is 11.2. The van der Waals surface area contributed by atoms with E-state index in [1.54, 1.807) is 0 Å². The predicted molar refractivity (Wildman–Crippen MR) is 56.4 cm³/mol. The first kappa shape index (κ1) is 10.8. The lowest BCUT2D eigenvalue weighted by Crippen LogP contribution is -1.89. The second-order valence-electron chi connectivity index (χ2n) is 2.82. The van der Waals surface area contributed by atoms with E-state index in [1.807, 2.05) is 0 Å². The van der Waals surface area contributed by atoms with Crippen LogP contribution in [0.3, 0.4) is 0 Å². The van der Waals surface area contributed by atoms with Gasteiger partial charge in [0.2, 0.25) is 5.89 Å². The molecule has 0 radical (unpaired) electrons. The number of benzene rings is 1. The molecule has 2 rings (SSSR count). The van der Waals surface area contributed by atoms with E-state index in [0.29, 0.717) is 5.56 Å². The zero-order chi connectivity index (χ0) is 11.7. The van der Waals surface area contributed by atoms with Crippen molar-refractivity contribution in [2.24, 2.45) is 0 Å². The minimum Gasteiger partial charge on any atom is -0.407 e. The van der Waals surface area contributed by atoms with Gasteiger partial charge in [0, 0.05) is 22.7 Å². The molecule has 0 aliphatic rings. The highest BCUT2D eigenvalue weighted by molar-refractivity contribution is 6.31. The lowest BCUT2D eigenvalue weighted by molar-refractivity contribution is -0.384. The molecule has 0 N–H and O–H groups in total. The van der Waals surface area contributed by atoms with E-state index in [-0.39, 0.29) is 22.0 Å². The van der Waals surface area contributed by atoms with Gasteiger partial charge in [-0.25, -0.2) is 0 Å². The third-order valence-electron chi connectivity index (χ3n) is 1.74. The average molecular weight is 260 g/mol. The van der Waals surface area contributed by atoms with Gasteiger partial charge < -0.3 is 4.42 Å². The maximum absolute atomic E-state index is 10.6. The minimum atomic E-state index is -0.562. The molecule has 0 unspecified atom stereocenters. The summed E-state index contributed by atoms with van der Waals surface area (Å²) in [5, 5.41) is 17.7. The van der Waals surface area contributed by atoms with Crippen LogP contribution in [0.1, 0.15) is 0 Å². The topological polar surface area (TPSA) is 82.1 Å². The van der Waals surface area contributed by atoms with Crippen molar-refractivity contribution in [3.8, 4) is 11.5 Å². The molecule has 0 fully saturated rings. The van der Waals surface area contributed by atoms with E-state index in [0.717, 1.165) is 0 Å². The Balaban J connectivity index is 2.53. The van der Waals surface area contributed by atoms with Gasteiger partial charge in [0.15, 0.2) is 0 Å². The standard InChI is InChI=1S/C8H3Cl2N3O3/c9-5-1-4(2-6(3-5)13(14)15)7-11-12-8(10)16-7/h1-3H. The fourth-order valence-electron chi connectivity index (χ4n) is 1.13. The Morgan fingerprint density at radius 2 is 2.00 bits per heavy atom. The molecule has 2 aromatic rings. The van der Waals surface area contributed by atoms with E-state index in [1.165, 1.54) is 18.2 Å². The zero-order valence-electron chi connectivity index (χ0n) is 7.55. The number of non-ortho nitro benzene ring substituents is 1. The molecule has 8 heteroatoms. The highest BCUT2D eigenvalue weighted by atomic mass is 35.5. The van der Waals surface area contributed by atoms with E-state index < -0.39 is 4.92 Å². The maximum Gasteiger partial charge on any atom is 0.313 e. The number of hydrogen-bond donors (Lipinski definition) is 0. The summed E-state index contributed by atoms with van der Waals surface area (Å²) in [7, 11) is 0. The van der Waals surface area contributed by atoms with Gasteiger partial charge in [0.05, 0.1) is 4.92 Å². The lowest BCUT2D eigenvalue weighted by Gasteiger charge is -1.96. The minimum absolute atomic E-state index is 0.0793. The largest absolute Gasteiger partial charge is 0.407 e. The second-order valence-corrected chi connectivity index (χ2v) is 3.58. The number of rotatable bonds is 2. The van der Waals surface area contributed by atoms with Crippen LogP contribution in [0.2, 0.25) is 10.4 Å². The summed E-state index contributed by atoms with van der Waals surface area (Å²) in [6.45, 7) is 0. The van der Waals surface area contributed by atoms with E-state index >= 15 is 0 Å². The Morgan fingerprint density at radius 1 is 1.25 bits per heavy atom. The molecule has 0 bridgehead atoms. The molecular weight excluding hydrogens is 257 g/mol. The highest BCUT2D eigenvalue weighted by Crippen LogP contribution is 2.28. The smallest absolute Gasteiger partial charge is 0.313 e. The molecule has 0 aliphatic carbocycles. The van der Waals surface area contributed by atoms with Gasteiger partial charge in [0.1, 0.15) is 0 Å². The fraction of sp³-hybridized carbons (Fsp3) is 0. The molecule has 0 aliphatic heterocycles. The summed E-state index contributed by atoms with van der Waals surface area (Å²) in [5.41, 5.74) is 0.190. The predicted octanol–water partition coefficient (Wildman–Crippen LogP) is 2.95. The van der Waals surface area contributed by atoms with E-state index in [2.05, 4.69) is 10.2 Å². The molecule has 0 saturated heterocycles. The number of hydrogen-bond acceptors (Lipinski definition) is 5. The molecule has 6 nitrogen and oxygen atoms in total. The van der Waals surface area contributed by atoms with E-state index in [9.17, 15) is 10.1 Å². The van der Waals surface area contributed by atoms with Crippen LogP contribution in [-0.4, -0.2) is 15.1 Å². The molecular formula is C8H3Cl2N3O3. The van der Waals surface area contributed by atoms with Crippen LogP contribution in [-0.2, 0) is 0 Å². The van der Waals surface area contributed by atoms with Crippen LogP contribution in [0.5, 0.6) is 0 Å². The SMILES string of the molecule is O=[N+]([O-])c1cc(Cl)cc(-c2nnc(Cl)o2)c1. The van der Waals surface area contributed by atoms with Crippen molar-refractivity contribution in [2.45, 2.75) is 0 Å². The van der Waals surface area contributed by atoms with Gasteiger partial charge in [-0.15, -0.1) is 5.10 Å². The van der Waals surface area contributed by atoms with Crippen molar-refractivity contribution >= 4 is 28.9 Å². The van der Waals surface area contributed by atoms with Gasteiger partial charge in [0.25, 0.3) is 5.69 Å². The van der Waals surface area contributed by atoms with Crippen molar-refractivity contribution < 1.29 is 9.34 Å². The maximum atomic E-state index is 10.6. The highest BCUT2D eigenvalue weighted by Gasteiger charge is 2.14. The molecule has 16 heavy (non-hydrogen) atoms. The summed E-state index contributed by atoms with van der Waals surface area (Å²) < 4.78 is 4.92. The van der Waals surface area contributed by atoms with Gasteiger partial charge in [-0.1, -0.05) is 16.7 Å². The van der Waals surface area contributed by atoms with Crippen LogP contribution in [0.25, 0.3) is 11.5 Å². The number of nitro benzene ring substituents is 1. The van der Waals surface area contributed by atoms with Gasteiger partial charge in [-0.05, 0) is 17.7 Å². The lowest BCUT2D eigenvalue weighted by atomic mass is 10.2. The molecule has 82 valence electrons. The van der Waals surface area contributed by atoms with Gasteiger partial charge >= 0.3 is 5.35 Å². The summed E-state index contributed by atoms with van der Waals surface area (Å²) in [4.78, 5) is 10.0. The second kappa shape index (κ2) is 4.07. The average Bonchev–Trinajstić information content (AvgIpc) is 2.64. The first-order valence-electron chi connectivity index (χ1n) is 4.00. The first-order valence-corrected chi connectivity index (χ1v) is 4.76. The van der Waals surface area contributed by atoms with Crippen LogP contribution in [0, 0.1) is 10.1 Å². The van der Waals surface area contributed by atoms with Crippen molar-refractivity contribution in [2.75, 3.05) is 0 Å². The summed E-state index contributed by atoms with van der Waals surface area (Å²) in [5.74, 6) is 0.0793. The number of aromatic nitrogens is 2. The Bertz CT molecular complexity index is 555. The molecule has 0 spiro atoms. The van der Waals surface area contributed by atoms with Crippen LogP contribution >= 0.6 is 23.2 Å². The molecule has 1 aromatic heterocycles. The normalized spacial score (nSPS) is 10.4. The Kier molecular flexibility index (Phi) is 2.76. The molecule has 1 heterocycles. The van der Waals surface area contributed by atoms with Crippen molar-refractivity contribution in [1.82, 2.24) is 10.2 Å². The summed E-state index contributed by atoms with van der Waals surface area (Å²) in [6, 6.07) is 3.97. The number of nitrogens with zero attached hydrogens (tertiary/aromatic N) is 3. The zero-order valence-corrected chi connectivity index (χ0v) is 9.07. The third kappa shape index (κ3) is 2.12. The monoisotopic (exact) mass is 259 g/mol. The van der Waals surface area contributed by atoms with Gasteiger partial charge in [-0.3, -0.25) is 10.1 Å². The third-order valence-corrected chi connectivity index (χ3v) is 2.11. The fourth-order valence-corrected chi connectivity index (χ4v) is 1.47. The summed E-state index contributed by atoms with van der Waals surface area (Å²) in [6.07, 6.45) is 0. The molecule has 0 amide bonds. The number of nitro groups is 1. The first-order chi connectivity index (χ1) is 7.56. The van der Waals surface area contributed by atoms with E-state index in [4.69, 9.17) is 27.6 Å². The van der Waals surface area contributed by atoms with Gasteiger partial charge in [-0.2, -0.15) is 0 Å². The number of halogens is 2. The molecule has 0 saturated carbocycles. The van der Waals surface area contributed by atoms with Crippen molar-refractivity contribution in [3.05, 3.63) is 38.7 Å². The quantitative estimate of drug-likeness (QED) is 0.612. The Hall–Kier alpha value is -1.66. The Morgan fingerprint density at radius 3 is 2.56 bits per heavy atom. The van der Waals surface area contributed by atoms with Crippen molar-refractivity contribution in [3.63, 3.8) is 0 Å². The Labute approximate surface area is 99.0 Å². The van der Waals surface area contributed by atoms with Crippen molar-refractivity contribution in [1.29, 1.82) is 0 Å². The molecule has 1 aromatic carbocycles.